The van der Waals surface area contributed by atoms with Crippen LogP contribution in [0.3, 0.4) is 0 Å². The SMILES string of the molecule is O=C(Cn1c(COc2ccccc2)nc2ccccc21)N1CCCN(Cc2ccc(F)cc2)CC1. The lowest BCUT2D eigenvalue weighted by Gasteiger charge is -2.23. The number of hydrogen-bond acceptors (Lipinski definition) is 4. The Hall–Kier alpha value is -3.71. The molecular weight excluding hydrogens is 443 g/mol. The first-order valence-corrected chi connectivity index (χ1v) is 12.0. The van der Waals surface area contributed by atoms with Gasteiger partial charge in [0, 0.05) is 32.7 Å². The van der Waals surface area contributed by atoms with Crippen molar-refractivity contribution in [2.75, 3.05) is 26.2 Å². The number of carbonyl (C=O) groups is 1. The molecule has 1 amide bonds. The zero-order valence-electron chi connectivity index (χ0n) is 19.6. The van der Waals surface area contributed by atoms with E-state index in [0.717, 1.165) is 60.8 Å². The molecule has 0 spiro atoms. The highest BCUT2D eigenvalue weighted by atomic mass is 19.1. The van der Waals surface area contributed by atoms with Crippen molar-refractivity contribution < 1.29 is 13.9 Å². The summed E-state index contributed by atoms with van der Waals surface area (Å²) in [5, 5.41) is 0. The Balaban J connectivity index is 1.26. The lowest BCUT2D eigenvalue weighted by molar-refractivity contribution is -0.131. The van der Waals surface area contributed by atoms with Gasteiger partial charge in [0.05, 0.1) is 11.0 Å². The van der Waals surface area contributed by atoms with Crippen LogP contribution in [0.2, 0.25) is 0 Å². The van der Waals surface area contributed by atoms with E-state index in [-0.39, 0.29) is 24.9 Å². The van der Waals surface area contributed by atoms with E-state index in [1.54, 1.807) is 0 Å². The fraction of sp³-hybridized carbons (Fsp3) is 0.286. The maximum atomic E-state index is 13.4. The summed E-state index contributed by atoms with van der Waals surface area (Å²) in [5.41, 5.74) is 2.87. The number of halogens is 1. The predicted octanol–water partition coefficient (Wildman–Crippen LogP) is 4.49. The second kappa shape index (κ2) is 10.7. The highest BCUT2D eigenvalue weighted by Gasteiger charge is 2.22. The van der Waals surface area contributed by atoms with Crippen LogP contribution in [-0.2, 0) is 24.5 Å². The highest BCUT2D eigenvalue weighted by Crippen LogP contribution is 2.19. The van der Waals surface area contributed by atoms with Crippen LogP contribution in [0, 0.1) is 5.82 Å². The van der Waals surface area contributed by atoms with Crippen molar-refractivity contribution in [2.45, 2.75) is 26.1 Å². The molecule has 0 bridgehead atoms. The van der Waals surface area contributed by atoms with Crippen LogP contribution >= 0.6 is 0 Å². The molecule has 0 saturated carbocycles. The first-order chi connectivity index (χ1) is 17.2. The first-order valence-electron chi connectivity index (χ1n) is 12.0. The average molecular weight is 473 g/mol. The minimum atomic E-state index is -0.220. The molecule has 6 nitrogen and oxygen atoms in total. The number of benzene rings is 3. The molecule has 1 saturated heterocycles. The fourth-order valence-corrected chi connectivity index (χ4v) is 4.54. The zero-order valence-corrected chi connectivity index (χ0v) is 19.6. The molecular formula is C28H29FN4O2. The van der Waals surface area contributed by atoms with Crippen LogP contribution in [0.4, 0.5) is 4.39 Å². The van der Waals surface area contributed by atoms with Gasteiger partial charge < -0.3 is 14.2 Å². The van der Waals surface area contributed by atoms with E-state index in [1.165, 1.54) is 12.1 Å². The third-order valence-electron chi connectivity index (χ3n) is 6.40. The normalized spacial score (nSPS) is 14.7. The van der Waals surface area contributed by atoms with Gasteiger partial charge in [0.2, 0.25) is 5.91 Å². The zero-order chi connectivity index (χ0) is 24.0. The Bertz CT molecular complexity index is 1270. The van der Waals surface area contributed by atoms with Gasteiger partial charge in [-0.1, -0.05) is 42.5 Å². The van der Waals surface area contributed by atoms with E-state index in [4.69, 9.17) is 9.72 Å². The lowest BCUT2D eigenvalue weighted by atomic mass is 10.2. The van der Waals surface area contributed by atoms with Gasteiger partial charge in [-0.3, -0.25) is 9.69 Å². The molecule has 1 aromatic heterocycles. The minimum absolute atomic E-state index is 0.0812. The predicted molar refractivity (Wildman–Crippen MR) is 133 cm³/mol. The van der Waals surface area contributed by atoms with Gasteiger partial charge in [0.1, 0.15) is 30.5 Å². The van der Waals surface area contributed by atoms with Crippen molar-refractivity contribution in [1.29, 1.82) is 0 Å². The van der Waals surface area contributed by atoms with E-state index < -0.39 is 0 Å². The summed E-state index contributed by atoms with van der Waals surface area (Å²) in [6.07, 6.45) is 0.904. The highest BCUT2D eigenvalue weighted by molar-refractivity contribution is 5.81. The number of hydrogen-bond donors (Lipinski definition) is 0. The van der Waals surface area contributed by atoms with Crippen molar-refractivity contribution in [3.8, 4) is 5.75 Å². The Morgan fingerprint density at radius 1 is 0.886 bits per heavy atom. The number of ether oxygens (including phenoxy) is 1. The molecule has 0 aliphatic carbocycles. The van der Waals surface area contributed by atoms with E-state index in [9.17, 15) is 9.18 Å². The van der Waals surface area contributed by atoms with Crippen LogP contribution < -0.4 is 4.74 Å². The van der Waals surface area contributed by atoms with Gasteiger partial charge >= 0.3 is 0 Å². The van der Waals surface area contributed by atoms with Crippen molar-refractivity contribution in [1.82, 2.24) is 19.4 Å². The number of aromatic nitrogens is 2. The number of para-hydroxylation sites is 3. The fourth-order valence-electron chi connectivity index (χ4n) is 4.54. The van der Waals surface area contributed by atoms with Crippen molar-refractivity contribution >= 4 is 16.9 Å². The molecule has 1 aliphatic heterocycles. The van der Waals surface area contributed by atoms with Gasteiger partial charge in [-0.15, -0.1) is 0 Å². The molecule has 4 aromatic rings. The number of amides is 1. The van der Waals surface area contributed by atoms with E-state index >= 15 is 0 Å². The molecule has 0 N–H and O–H groups in total. The molecule has 7 heteroatoms. The summed E-state index contributed by atoms with van der Waals surface area (Å²) in [5.74, 6) is 1.36. The second-order valence-electron chi connectivity index (χ2n) is 8.84. The third-order valence-corrected chi connectivity index (χ3v) is 6.40. The topological polar surface area (TPSA) is 50.6 Å². The summed E-state index contributed by atoms with van der Waals surface area (Å²) in [7, 11) is 0. The molecule has 1 aliphatic rings. The largest absolute Gasteiger partial charge is 0.486 e. The summed E-state index contributed by atoms with van der Waals surface area (Å²) >= 11 is 0. The number of rotatable bonds is 7. The van der Waals surface area contributed by atoms with Crippen molar-refractivity contribution in [2.24, 2.45) is 0 Å². The Morgan fingerprint density at radius 2 is 1.66 bits per heavy atom. The third kappa shape index (κ3) is 5.69. The van der Waals surface area contributed by atoms with Crippen LogP contribution in [0.25, 0.3) is 11.0 Å². The smallest absolute Gasteiger partial charge is 0.242 e. The van der Waals surface area contributed by atoms with Crippen molar-refractivity contribution in [3.63, 3.8) is 0 Å². The molecule has 5 rings (SSSR count). The molecule has 35 heavy (non-hydrogen) atoms. The Kier molecular flexibility index (Phi) is 7.04. The first kappa shape index (κ1) is 23.1. The number of nitrogens with zero attached hydrogens (tertiary/aromatic N) is 4. The molecule has 0 atom stereocenters. The molecule has 0 radical (unpaired) electrons. The Labute approximate surface area is 204 Å². The van der Waals surface area contributed by atoms with Gasteiger partial charge in [0.25, 0.3) is 0 Å². The molecule has 180 valence electrons. The van der Waals surface area contributed by atoms with Crippen LogP contribution in [0.1, 0.15) is 17.8 Å². The van der Waals surface area contributed by atoms with Crippen LogP contribution in [-0.4, -0.2) is 51.4 Å². The summed E-state index contributed by atoms with van der Waals surface area (Å²) in [4.78, 5) is 22.4. The van der Waals surface area contributed by atoms with Gasteiger partial charge in [-0.25, -0.2) is 9.37 Å². The van der Waals surface area contributed by atoms with E-state index in [1.807, 2.05) is 76.2 Å². The molecule has 0 unspecified atom stereocenters. The van der Waals surface area contributed by atoms with Crippen molar-refractivity contribution in [3.05, 3.63) is 96.1 Å². The standard InChI is InChI=1S/C28H29FN4O2/c29-23-13-11-22(12-14-23)19-31-15-6-16-32(18-17-31)28(34)20-33-26-10-5-4-9-25(26)30-27(33)21-35-24-7-2-1-3-8-24/h1-5,7-14H,6,15-21H2. The van der Waals surface area contributed by atoms with E-state index in [2.05, 4.69) is 4.90 Å². The quantitative estimate of drug-likeness (QED) is 0.398. The summed E-state index contributed by atoms with van der Waals surface area (Å²) in [6, 6.07) is 24.1. The molecule has 2 heterocycles. The summed E-state index contributed by atoms with van der Waals surface area (Å²) < 4.78 is 21.1. The maximum absolute atomic E-state index is 13.4. The van der Waals surface area contributed by atoms with Gasteiger partial charge in [0.15, 0.2) is 0 Å². The summed E-state index contributed by atoms with van der Waals surface area (Å²) in [6.45, 7) is 4.37. The minimum Gasteiger partial charge on any atom is -0.486 e. The number of carbonyl (C=O) groups excluding carboxylic acids is 1. The number of imidazole rings is 1. The Morgan fingerprint density at radius 3 is 2.49 bits per heavy atom. The maximum Gasteiger partial charge on any atom is 0.242 e. The number of fused-ring (bicyclic) bond motifs is 1. The van der Waals surface area contributed by atoms with Gasteiger partial charge in [-0.05, 0) is 48.4 Å². The van der Waals surface area contributed by atoms with Crippen LogP contribution in [0.15, 0.2) is 78.9 Å². The van der Waals surface area contributed by atoms with E-state index in [0.29, 0.717) is 6.54 Å². The molecule has 3 aromatic carbocycles. The van der Waals surface area contributed by atoms with Crippen LogP contribution in [0.5, 0.6) is 5.75 Å². The monoisotopic (exact) mass is 472 g/mol. The second-order valence-corrected chi connectivity index (χ2v) is 8.84. The average Bonchev–Trinajstić information content (AvgIpc) is 3.05. The molecule has 1 fully saturated rings. The lowest BCUT2D eigenvalue weighted by Crippen LogP contribution is -2.37. The van der Waals surface area contributed by atoms with Gasteiger partial charge in [-0.2, -0.15) is 0 Å².